The Bertz CT molecular complexity index is 362. The number of aliphatic hydroxyl groups is 1. The maximum atomic E-state index is 11.6. The van der Waals surface area contributed by atoms with Gasteiger partial charge in [0.1, 0.15) is 0 Å². The minimum atomic E-state index is -3.08. The molecule has 1 rings (SSSR count). The summed E-state index contributed by atoms with van der Waals surface area (Å²) in [7, 11) is 2.06. The highest BCUT2D eigenvalue weighted by molar-refractivity contribution is 7.89. The quantitative estimate of drug-likeness (QED) is 0.717. The molecule has 0 amide bonds. The van der Waals surface area contributed by atoms with Crippen LogP contribution in [0.15, 0.2) is 0 Å². The number of hydrogen-bond donors (Lipinski definition) is 1. The molecule has 0 bridgehead atoms. The summed E-state index contributed by atoms with van der Waals surface area (Å²) in [5, 5.41) is 9.56. The molecule has 0 unspecified atom stereocenters. The van der Waals surface area contributed by atoms with E-state index in [0.717, 1.165) is 25.9 Å². The van der Waals surface area contributed by atoms with Crippen LogP contribution in [0, 0.1) is 5.41 Å². The van der Waals surface area contributed by atoms with E-state index < -0.39 is 10.0 Å². The summed E-state index contributed by atoms with van der Waals surface area (Å²) >= 11 is 0. The van der Waals surface area contributed by atoms with E-state index in [4.69, 9.17) is 0 Å². The topological polar surface area (TPSA) is 60.9 Å². The molecule has 1 N–H and O–H groups in total. The third kappa shape index (κ3) is 5.02. The summed E-state index contributed by atoms with van der Waals surface area (Å²) in [4.78, 5) is 2.16. The van der Waals surface area contributed by atoms with Crippen molar-refractivity contribution in [3.63, 3.8) is 0 Å². The summed E-state index contributed by atoms with van der Waals surface area (Å²) in [5.74, 6) is 0.191. The number of sulfonamides is 1. The van der Waals surface area contributed by atoms with Gasteiger partial charge in [-0.05, 0) is 32.9 Å². The normalized spacial score (nSPS) is 19.5. The molecule has 5 nitrogen and oxygen atoms in total. The Morgan fingerprint density at radius 3 is 2.21 bits per heavy atom. The van der Waals surface area contributed by atoms with Gasteiger partial charge in [-0.25, -0.2) is 12.7 Å². The lowest BCUT2D eigenvalue weighted by molar-refractivity contribution is 0.0891. The Balaban J connectivity index is 2.34. The van der Waals surface area contributed by atoms with Crippen LogP contribution in [-0.4, -0.2) is 69.3 Å². The highest BCUT2D eigenvalue weighted by Gasteiger charge is 2.34. The van der Waals surface area contributed by atoms with E-state index in [1.807, 2.05) is 7.05 Å². The predicted molar refractivity (Wildman–Crippen MR) is 77.6 cm³/mol. The van der Waals surface area contributed by atoms with Gasteiger partial charge in [-0.2, -0.15) is 0 Å². The van der Waals surface area contributed by atoms with Gasteiger partial charge in [0.2, 0.25) is 10.0 Å². The molecule has 0 aliphatic heterocycles. The summed E-state index contributed by atoms with van der Waals surface area (Å²) in [5.41, 5.74) is 0.0508. The molecule has 0 heterocycles. The van der Waals surface area contributed by atoms with Crippen LogP contribution in [0.1, 0.15) is 32.1 Å². The lowest BCUT2D eigenvalue weighted by atomic mass is 9.87. The molecule has 0 radical (unpaired) electrons. The number of rotatable bonds is 8. The molecule has 1 fully saturated rings. The highest BCUT2D eigenvalue weighted by Crippen LogP contribution is 2.38. The van der Waals surface area contributed by atoms with Crippen molar-refractivity contribution in [2.75, 3.05) is 46.6 Å². The average Bonchev–Trinajstić information content (AvgIpc) is 2.77. The second kappa shape index (κ2) is 7.02. The first kappa shape index (κ1) is 16.9. The summed E-state index contributed by atoms with van der Waals surface area (Å²) < 4.78 is 24.6. The van der Waals surface area contributed by atoms with E-state index >= 15 is 0 Å². The molecular formula is C13H28N2O3S. The Morgan fingerprint density at radius 1 is 1.16 bits per heavy atom. The van der Waals surface area contributed by atoms with Gasteiger partial charge in [-0.15, -0.1) is 0 Å². The van der Waals surface area contributed by atoms with Crippen molar-refractivity contribution in [3.8, 4) is 0 Å². The molecule has 0 spiro atoms. The van der Waals surface area contributed by atoms with Crippen molar-refractivity contribution in [2.45, 2.75) is 32.1 Å². The standard InChI is InChI=1S/C13H28N2O3S/c1-14(2)19(17,18)10-6-9-15(3)11-13(12-16)7-4-5-8-13/h16H,4-12H2,1-3H3. The van der Waals surface area contributed by atoms with Crippen molar-refractivity contribution >= 4 is 10.0 Å². The molecular weight excluding hydrogens is 264 g/mol. The van der Waals surface area contributed by atoms with E-state index in [0.29, 0.717) is 6.42 Å². The second-order valence-corrected chi connectivity index (χ2v) is 8.36. The Morgan fingerprint density at radius 2 is 1.74 bits per heavy atom. The fourth-order valence-electron chi connectivity index (χ4n) is 2.84. The van der Waals surface area contributed by atoms with Gasteiger partial charge >= 0.3 is 0 Å². The molecule has 114 valence electrons. The molecule has 0 saturated heterocycles. The monoisotopic (exact) mass is 292 g/mol. The fraction of sp³-hybridized carbons (Fsp3) is 1.00. The third-order valence-electron chi connectivity index (χ3n) is 4.10. The average molecular weight is 292 g/mol. The van der Waals surface area contributed by atoms with E-state index in [1.165, 1.54) is 17.1 Å². The van der Waals surface area contributed by atoms with Gasteiger partial charge in [-0.3, -0.25) is 0 Å². The zero-order chi connectivity index (χ0) is 14.5. The fourth-order valence-corrected chi connectivity index (χ4v) is 3.70. The molecule has 1 aliphatic carbocycles. The molecule has 1 saturated carbocycles. The Labute approximate surface area is 117 Å². The van der Waals surface area contributed by atoms with Crippen LogP contribution >= 0.6 is 0 Å². The van der Waals surface area contributed by atoms with Crippen molar-refractivity contribution < 1.29 is 13.5 Å². The van der Waals surface area contributed by atoms with Gasteiger partial charge < -0.3 is 10.0 Å². The van der Waals surface area contributed by atoms with Crippen LogP contribution in [0.3, 0.4) is 0 Å². The highest BCUT2D eigenvalue weighted by atomic mass is 32.2. The molecule has 0 aromatic carbocycles. The summed E-state index contributed by atoms with van der Waals surface area (Å²) in [6.07, 6.45) is 5.21. The van der Waals surface area contributed by atoms with E-state index in [1.54, 1.807) is 14.1 Å². The largest absolute Gasteiger partial charge is 0.396 e. The molecule has 19 heavy (non-hydrogen) atoms. The maximum Gasteiger partial charge on any atom is 0.213 e. The minimum absolute atomic E-state index is 0.0508. The maximum absolute atomic E-state index is 11.6. The molecule has 1 aliphatic rings. The van der Waals surface area contributed by atoms with Crippen molar-refractivity contribution in [1.29, 1.82) is 0 Å². The number of nitrogens with zero attached hydrogens (tertiary/aromatic N) is 2. The summed E-state index contributed by atoms with van der Waals surface area (Å²) in [6.45, 7) is 1.87. The van der Waals surface area contributed by atoms with Crippen LogP contribution in [0.25, 0.3) is 0 Å². The van der Waals surface area contributed by atoms with Crippen LogP contribution < -0.4 is 0 Å². The second-order valence-electron chi connectivity index (χ2n) is 6.05. The molecule has 0 aromatic rings. The van der Waals surface area contributed by atoms with Crippen molar-refractivity contribution in [1.82, 2.24) is 9.21 Å². The van der Waals surface area contributed by atoms with E-state index in [2.05, 4.69) is 4.90 Å². The van der Waals surface area contributed by atoms with Crippen molar-refractivity contribution in [3.05, 3.63) is 0 Å². The number of hydrogen-bond acceptors (Lipinski definition) is 4. The first-order valence-corrected chi connectivity index (χ1v) is 8.62. The SMILES string of the molecule is CN(CCCS(=O)(=O)N(C)C)CC1(CO)CCCC1. The van der Waals surface area contributed by atoms with E-state index in [9.17, 15) is 13.5 Å². The first-order valence-electron chi connectivity index (χ1n) is 7.01. The molecule has 0 atom stereocenters. The van der Waals surface area contributed by atoms with Crippen LogP contribution in [0.4, 0.5) is 0 Å². The molecule has 6 heteroatoms. The van der Waals surface area contributed by atoms with Gasteiger partial charge in [-0.1, -0.05) is 12.8 Å². The smallest absolute Gasteiger partial charge is 0.213 e. The van der Waals surface area contributed by atoms with Gasteiger partial charge in [0.15, 0.2) is 0 Å². The van der Waals surface area contributed by atoms with Gasteiger partial charge in [0, 0.05) is 32.7 Å². The van der Waals surface area contributed by atoms with Crippen LogP contribution in [0.2, 0.25) is 0 Å². The Hall–Kier alpha value is -0.170. The number of aliphatic hydroxyl groups excluding tert-OH is 1. The molecule has 0 aromatic heterocycles. The van der Waals surface area contributed by atoms with Crippen LogP contribution in [-0.2, 0) is 10.0 Å². The zero-order valence-corrected chi connectivity index (χ0v) is 13.2. The lowest BCUT2D eigenvalue weighted by Gasteiger charge is -2.31. The van der Waals surface area contributed by atoms with E-state index in [-0.39, 0.29) is 17.8 Å². The lowest BCUT2D eigenvalue weighted by Crippen LogP contribution is -2.37. The zero-order valence-electron chi connectivity index (χ0n) is 12.4. The summed E-state index contributed by atoms with van der Waals surface area (Å²) in [6, 6.07) is 0. The third-order valence-corrected chi connectivity index (χ3v) is 6.02. The first-order chi connectivity index (χ1) is 8.81. The minimum Gasteiger partial charge on any atom is -0.396 e. The van der Waals surface area contributed by atoms with Gasteiger partial charge in [0.05, 0.1) is 5.75 Å². The van der Waals surface area contributed by atoms with Gasteiger partial charge in [0.25, 0.3) is 0 Å². The predicted octanol–water partition coefficient (Wildman–Crippen LogP) is 0.752. The van der Waals surface area contributed by atoms with Crippen molar-refractivity contribution in [2.24, 2.45) is 5.41 Å². The Kier molecular flexibility index (Phi) is 6.23. The van der Waals surface area contributed by atoms with Crippen LogP contribution in [0.5, 0.6) is 0 Å².